The van der Waals surface area contributed by atoms with Crippen molar-refractivity contribution in [2.75, 3.05) is 13.7 Å². The van der Waals surface area contributed by atoms with Crippen molar-refractivity contribution >= 4 is 5.97 Å². The Morgan fingerprint density at radius 1 is 1.08 bits per heavy atom. The van der Waals surface area contributed by atoms with Gasteiger partial charge in [0.2, 0.25) is 0 Å². The molecule has 0 heterocycles. The van der Waals surface area contributed by atoms with Crippen LogP contribution in [0.3, 0.4) is 0 Å². The van der Waals surface area contributed by atoms with Crippen molar-refractivity contribution in [3.05, 3.63) is 77.9 Å². The molecule has 0 radical (unpaired) electrons. The second-order valence-electron chi connectivity index (χ2n) is 5.59. The third-order valence-corrected chi connectivity index (χ3v) is 3.78. The normalized spacial score (nSPS) is 11.6. The van der Waals surface area contributed by atoms with Crippen LogP contribution in [0.25, 0.3) is 0 Å². The van der Waals surface area contributed by atoms with Gasteiger partial charge in [0.05, 0.1) is 26.4 Å². The number of ether oxygens (including phenoxy) is 3. The van der Waals surface area contributed by atoms with Crippen molar-refractivity contribution in [2.45, 2.75) is 26.1 Å². The Bertz CT molecular complexity index is 677. The lowest BCUT2D eigenvalue weighted by atomic mass is 10.0. The first-order chi connectivity index (χ1) is 12.1. The van der Waals surface area contributed by atoms with Crippen LogP contribution in [0.15, 0.2) is 66.7 Å². The molecule has 0 aliphatic heterocycles. The number of hydrogen-bond donors (Lipinski definition) is 0. The molecule has 2 aromatic carbocycles. The smallest absolute Gasteiger partial charge is 0.333 e. The van der Waals surface area contributed by atoms with Gasteiger partial charge in [0, 0.05) is 12.0 Å². The van der Waals surface area contributed by atoms with Gasteiger partial charge in [-0.05, 0) is 30.2 Å². The quantitative estimate of drug-likeness (QED) is 0.499. The minimum atomic E-state index is -0.385. The van der Waals surface area contributed by atoms with Crippen LogP contribution < -0.4 is 4.74 Å². The summed E-state index contributed by atoms with van der Waals surface area (Å²) >= 11 is 0. The van der Waals surface area contributed by atoms with E-state index in [2.05, 4.69) is 6.58 Å². The molecule has 0 aliphatic carbocycles. The molecule has 0 aromatic heterocycles. The fourth-order valence-electron chi connectivity index (χ4n) is 2.40. The first kappa shape index (κ1) is 18.7. The number of rotatable bonds is 9. The molecule has 0 spiro atoms. The third kappa shape index (κ3) is 5.76. The van der Waals surface area contributed by atoms with E-state index < -0.39 is 0 Å². The third-order valence-electron chi connectivity index (χ3n) is 3.78. The summed E-state index contributed by atoms with van der Waals surface area (Å²) in [6.45, 7) is 6.41. The summed E-state index contributed by atoms with van der Waals surface area (Å²) in [5, 5.41) is 0. The highest BCUT2D eigenvalue weighted by molar-refractivity contribution is 5.87. The predicted octanol–water partition coefficient (Wildman–Crippen LogP) is 4.46. The van der Waals surface area contributed by atoms with Gasteiger partial charge in [-0.25, -0.2) is 4.79 Å². The minimum Gasteiger partial charge on any atom is -0.497 e. The van der Waals surface area contributed by atoms with E-state index in [-0.39, 0.29) is 12.1 Å². The predicted molar refractivity (Wildman–Crippen MR) is 97.4 cm³/mol. The highest BCUT2D eigenvalue weighted by atomic mass is 16.5. The van der Waals surface area contributed by atoms with Gasteiger partial charge in [-0.3, -0.25) is 0 Å². The number of carbonyl (C=O) groups is 1. The van der Waals surface area contributed by atoms with E-state index in [9.17, 15) is 4.79 Å². The van der Waals surface area contributed by atoms with Crippen LogP contribution in [0.5, 0.6) is 5.75 Å². The van der Waals surface area contributed by atoms with Crippen LogP contribution >= 0.6 is 0 Å². The summed E-state index contributed by atoms with van der Waals surface area (Å²) in [6, 6.07) is 17.5. The molecule has 0 fully saturated rings. The van der Waals surface area contributed by atoms with Crippen LogP contribution in [0.1, 0.15) is 30.6 Å². The van der Waals surface area contributed by atoms with E-state index in [1.54, 1.807) is 14.0 Å². The summed E-state index contributed by atoms with van der Waals surface area (Å²) in [7, 11) is 1.63. The first-order valence-corrected chi connectivity index (χ1v) is 8.28. The maximum absolute atomic E-state index is 11.9. The van der Waals surface area contributed by atoms with Gasteiger partial charge in [-0.1, -0.05) is 49.0 Å². The average molecular weight is 340 g/mol. The average Bonchev–Trinajstić information content (AvgIpc) is 2.66. The molecule has 0 N–H and O–H groups in total. The van der Waals surface area contributed by atoms with Crippen molar-refractivity contribution < 1.29 is 19.0 Å². The molecule has 4 heteroatoms. The fraction of sp³-hybridized carbons (Fsp3) is 0.286. The van der Waals surface area contributed by atoms with Gasteiger partial charge in [-0.15, -0.1) is 0 Å². The number of methoxy groups -OCH3 is 1. The van der Waals surface area contributed by atoms with Crippen LogP contribution in [0.2, 0.25) is 0 Å². The van der Waals surface area contributed by atoms with E-state index in [1.807, 2.05) is 54.6 Å². The highest BCUT2D eigenvalue weighted by Crippen LogP contribution is 2.28. The molecule has 0 aliphatic rings. The van der Waals surface area contributed by atoms with Gasteiger partial charge in [0.15, 0.2) is 0 Å². The van der Waals surface area contributed by atoms with Gasteiger partial charge in [0.25, 0.3) is 0 Å². The Kier molecular flexibility index (Phi) is 7.23. The summed E-state index contributed by atoms with van der Waals surface area (Å²) in [6.07, 6.45) is 0.0841. The van der Waals surface area contributed by atoms with E-state index in [0.29, 0.717) is 25.2 Å². The SMILES string of the molecule is C=C(CC(OCc1ccccc1)c1ccc(OC)cc1)C(=O)OCC. The zero-order valence-electron chi connectivity index (χ0n) is 14.7. The van der Waals surface area contributed by atoms with E-state index in [4.69, 9.17) is 14.2 Å². The number of benzene rings is 2. The van der Waals surface area contributed by atoms with Crippen LogP contribution in [0, 0.1) is 0 Å². The Morgan fingerprint density at radius 2 is 1.76 bits per heavy atom. The summed E-state index contributed by atoms with van der Waals surface area (Å²) < 4.78 is 16.3. The molecule has 1 atom stereocenters. The second kappa shape index (κ2) is 9.64. The van der Waals surface area contributed by atoms with Gasteiger partial charge >= 0.3 is 5.97 Å². The lowest BCUT2D eigenvalue weighted by Crippen LogP contribution is -2.12. The zero-order chi connectivity index (χ0) is 18.1. The minimum absolute atomic E-state index is 0.289. The van der Waals surface area contributed by atoms with Crippen molar-refractivity contribution in [2.24, 2.45) is 0 Å². The lowest BCUT2D eigenvalue weighted by Gasteiger charge is -2.19. The molecular formula is C21H24O4. The summed E-state index contributed by atoms with van der Waals surface area (Å²) in [4.78, 5) is 11.9. The largest absolute Gasteiger partial charge is 0.497 e. The van der Waals surface area contributed by atoms with Crippen molar-refractivity contribution in [3.8, 4) is 5.75 Å². The Hall–Kier alpha value is -2.59. The standard InChI is InChI=1S/C21H24O4/c1-4-24-21(22)16(2)14-20(18-10-12-19(23-3)13-11-18)25-15-17-8-6-5-7-9-17/h5-13,20H,2,4,14-15H2,1,3H3. The van der Waals surface area contributed by atoms with Gasteiger partial charge in [-0.2, -0.15) is 0 Å². The van der Waals surface area contributed by atoms with Gasteiger partial charge in [0.1, 0.15) is 5.75 Å². The molecule has 0 saturated heterocycles. The number of hydrogen-bond acceptors (Lipinski definition) is 4. The molecule has 1 unspecified atom stereocenters. The van der Waals surface area contributed by atoms with Gasteiger partial charge < -0.3 is 14.2 Å². The fourth-order valence-corrected chi connectivity index (χ4v) is 2.40. The maximum atomic E-state index is 11.9. The maximum Gasteiger partial charge on any atom is 0.333 e. The molecule has 4 nitrogen and oxygen atoms in total. The van der Waals surface area contributed by atoms with Crippen LogP contribution in [0.4, 0.5) is 0 Å². The van der Waals surface area contributed by atoms with Crippen molar-refractivity contribution in [3.63, 3.8) is 0 Å². The Labute approximate surface area is 149 Å². The highest BCUT2D eigenvalue weighted by Gasteiger charge is 2.18. The van der Waals surface area contributed by atoms with Crippen LogP contribution in [-0.2, 0) is 20.9 Å². The molecule has 25 heavy (non-hydrogen) atoms. The van der Waals surface area contributed by atoms with Crippen LogP contribution in [-0.4, -0.2) is 19.7 Å². The van der Waals surface area contributed by atoms with E-state index >= 15 is 0 Å². The molecule has 2 rings (SSSR count). The molecule has 132 valence electrons. The zero-order valence-corrected chi connectivity index (χ0v) is 14.7. The Morgan fingerprint density at radius 3 is 2.36 bits per heavy atom. The molecular weight excluding hydrogens is 316 g/mol. The Balaban J connectivity index is 2.11. The van der Waals surface area contributed by atoms with Crippen molar-refractivity contribution in [1.82, 2.24) is 0 Å². The first-order valence-electron chi connectivity index (χ1n) is 8.28. The number of carbonyl (C=O) groups excluding carboxylic acids is 1. The lowest BCUT2D eigenvalue weighted by molar-refractivity contribution is -0.139. The number of esters is 1. The molecule has 0 saturated carbocycles. The van der Waals surface area contributed by atoms with Crippen molar-refractivity contribution in [1.29, 1.82) is 0 Å². The van der Waals surface area contributed by atoms with E-state index in [1.165, 1.54) is 0 Å². The molecule has 0 amide bonds. The summed E-state index contributed by atoms with van der Waals surface area (Å²) in [5.41, 5.74) is 2.43. The topological polar surface area (TPSA) is 44.8 Å². The molecule has 2 aromatic rings. The second-order valence-corrected chi connectivity index (χ2v) is 5.59. The monoisotopic (exact) mass is 340 g/mol. The molecule has 0 bridgehead atoms. The van der Waals surface area contributed by atoms with E-state index in [0.717, 1.165) is 16.9 Å². The summed E-state index contributed by atoms with van der Waals surface area (Å²) in [5.74, 6) is 0.388.